The highest BCUT2D eigenvalue weighted by Crippen LogP contribution is 2.16. The highest BCUT2D eigenvalue weighted by molar-refractivity contribution is 14.0. The molecule has 25 heavy (non-hydrogen) atoms. The maximum atomic E-state index is 13.6. The van der Waals surface area contributed by atoms with Crippen molar-refractivity contribution in [2.75, 3.05) is 32.8 Å². The lowest BCUT2D eigenvalue weighted by molar-refractivity contribution is 0.108. The zero-order chi connectivity index (χ0) is 17.8. The van der Waals surface area contributed by atoms with Crippen molar-refractivity contribution >= 4 is 29.9 Å². The van der Waals surface area contributed by atoms with Gasteiger partial charge in [-0.2, -0.15) is 0 Å². The van der Waals surface area contributed by atoms with Crippen LogP contribution in [0.25, 0.3) is 0 Å². The number of halogens is 2. The minimum absolute atomic E-state index is 0. The Hall–Kier alpha value is -0.930. The Labute approximate surface area is 167 Å². The normalized spacial score (nSPS) is 12.6. The number of nitrogens with zero attached hydrogens (tertiary/aromatic N) is 1. The van der Waals surface area contributed by atoms with Gasteiger partial charge in [0.1, 0.15) is 11.9 Å². The second-order valence-corrected chi connectivity index (χ2v) is 6.01. The third kappa shape index (κ3) is 10.6. The first-order chi connectivity index (χ1) is 11.5. The van der Waals surface area contributed by atoms with Gasteiger partial charge in [0.05, 0.1) is 6.54 Å². The molecule has 144 valence electrons. The molecule has 1 rings (SSSR count). The molecule has 0 spiro atoms. The van der Waals surface area contributed by atoms with Crippen LogP contribution in [0, 0.1) is 11.7 Å². The highest BCUT2D eigenvalue weighted by Gasteiger charge is 2.11. The summed E-state index contributed by atoms with van der Waals surface area (Å²) in [5.74, 6) is 0.730. The minimum Gasteiger partial charge on any atom is -0.386 e. The van der Waals surface area contributed by atoms with E-state index in [4.69, 9.17) is 4.74 Å². The molecule has 0 heterocycles. The average molecular weight is 467 g/mol. The molecule has 1 aromatic carbocycles. The molecule has 5 nitrogen and oxygen atoms in total. The predicted octanol–water partition coefficient (Wildman–Crippen LogP) is 3.09. The largest absolute Gasteiger partial charge is 0.386 e. The lowest BCUT2D eigenvalue weighted by atomic mass is 10.1. The van der Waals surface area contributed by atoms with Gasteiger partial charge in [0, 0.05) is 31.9 Å². The fourth-order valence-corrected chi connectivity index (χ4v) is 2.06. The summed E-state index contributed by atoms with van der Waals surface area (Å²) >= 11 is 0. The third-order valence-corrected chi connectivity index (χ3v) is 3.24. The van der Waals surface area contributed by atoms with E-state index in [2.05, 4.69) is 29.5 Å². The molecule has 0 radical (unpaired) electrons. The van der Waals surface area contributed by atoms with Gasteiger partial charge in [-0.3, -0.25) is 4.99 Å². The second-order valence-electron chi connectivity index (χ2n) is 6.01. The SMILES string of the molecule is CCNC(=NCC(O)c1ccccc1F)NCCCOCC(C)C.I. The van der Waals surface area contributed by atoms with Gasteiger partial charge in [-0.15, -0.1) is 24.0 Å². The zero-order valence-corrected chi connectivity index (χ0v) is 17.6. The number of nitrogens with one attached hydrogen (secondary N) is 2. The Bertz CT molecular complexity index is 501. The van der Waals surface area contributed by atoms with E-state index < -0.39 is 11.9 Å². The van der Waals surface area contributed by atoms with Crippen LogP contribution in [-0.4, -0.2) is 43.9 Å². The van der Waals surface area contributed by atoms with Crippen LogP contribution in [0.5, 0.6) is 0 Å². The molecule has 1 aromatic rings. The average Bonchev–Trinajstić information content (AvgIpc) is 2.55. The van der Waals surface area contributed by atoms with Crippen LogP contribution in [0.2, 0.25) is 0 Å². The molecule has 0 saturated heterocycles. The smallest absolute Gasteiger partial charge is 0.191 e. The summed E-state index contributed by atoms with van der Waals surface area (Å²) in [4.78, 5) is 4.31. The maximum Gasteiger partial charge on any atom is 0.191 e. The number of aliphatic imine (C=N–C) groups is 1. The van der Waals surface area contributed by atoms with Crippen LogP contribution in [0.15, 0.2) is 29.3 Å². The number of hydrogen-bond acceptors (Lipinski definition) is 3. The Morgan fingerprint density at radius 3 is 2.64 bits per heavy atom. The maximum absolute atomic E-state index is 13.6. The summed E-state index contributed by atoms with van der Waals surface area (Å²) in [7, 11) is 0. The van der Waals surface area contributed by atoms with Crippen LogP contribution in [0.3, 0.4) is 0 Å². The number of rotatable bonds is 10. The van der Waals surface area contributed by atoms with Crippen molar-refractivity contribution in [2.24, 2.45) is 10.9 Å². The van der Waals surface area contributed by atoms with Gasteiger partial charge >= 0.3 is 0 Å². The summed E-state index contributed by atoms with van der Waals surface area (Å²) in [6, 6.07) is 6.21. The molecule has 0 saturated carbocycles. The molecule has 0 aromatic heterocycles. The number of guanidine groups is 1. The molecule has 0 amide bonds. The standard InChI is InChI=1S/C18H30FN3O2.HI/c1-4-20-18(21-10-7-11-24-13-14(2)3)22-12-17(23)15-8-5-6-9-16(15)19;/h5-6,8-9,14,17,23H,4,7,10-13H2,1-3H3,(H2,20,21,22);1H. The van der Waals surface area contributed by atoms with Crippen LogP contribution in [0.1, 0.15) is 38.9 Å². The number of ether oxygens (including phenoxy) is 1. The Kier molecular flexibility index (Phi) is 13.7. The molecule has 1 unspecified atom stereocenters. The van der Waals surface area contributed by atoms with Gasteiger partial charge in [0.2, 0.25) is 0 Å². The Balaban J connectivity index is 0.00000576. The summed E-state index contributed by atoms with van der Waals surface area (Å²) in [5.41, 5.74) is 0.263. The van der Waals surface area contributed by atoms with E-state index in [0.29, 0.717) is 25.0 Å². The van der Waals surface area contributed by atoms with E-state index in [-0.39, 0.29) is 36.1 Å². The van der Waals surface area contributed by atoms with Crippen molar-refractivity contribution in [2.45, 2.75) is 33.3 Å². The summed E-state index contributed by atoms with van der Waals surface area (Å²) < 4.78 is 19.2. The number of benzene rings is 1. The van der Waals surface area contributed by atoms with Crippen LogP contribution in [-0.2, 0) is 4.74 Å². The molecule has 0 aliphatic rings. The minimum atomic E-state index is -0.962. The van der Waals surface area contributed by atoms with Crippen molar-refractivity contribution in [3.05, 3.63) is 35.6 Å². The molecule has 0 aliphatic heterocycles. The van der Waals surface area contributed by atoms with Gasteiger partial charge in [0.15, 0.2) is 5.96 Å². The lowest BCUT2D eigenvalue weighted by Gasteiger charge is -2.14. The van der Waals surface area contributed by atoms with Crippen molar-refractivity contribution in [3.63, 3.8) is 0 Å². The first kappa shape index (κ1) is 24.1. The number of aliphatic hydroxyl groups excluding tert-OH is 1. The fourth-order valence-electron chi connectivity index (χ4n) is 2.06. The van der Waals surface area contributed by atoms with Crippen molar-refractivity contribution in [3.8, 4) is 0 Å². The molecular weight excluding hydrogens is 436 g/mol. The first-order valence-electron chi connectivity index (χ1n) is 8.57. The van der Waals surface area contributed by atoms with E-state index in [1.807, 2.05) is 6.92 Å². The molecule has 0 aliphatic carbocycles. The van der Waals surface area contributed by atoms with Gasteiger partial charge < -0.3 is 20.5 Å². The first-order valence-corrected chi connectivity index (χ1v) is 8.57. The highest BCUT2D eigenvalue weighted by atomic mass is 127. The Morgan fingerprint density at radius 1 is 1.28 bits per heavy atom. The van der Waals surface area contributed by atoms with Crippen molar-refractivity contribution < 1.29 is 14.2 Å². The van der Waals surface area contributed by atoms with Crippen LogP contribution < -0.4 is 10.6 Å². The predicted molar refractivity (Wildman–Crippen MR) is 111 cm³/mol. The monoisotopic (exact) mass is 467 g/mol. The summed E-state index contributed by atoms with van der Waals surface area (Å²) in [6.45, 7) is 9.21. The summed E-state index contributed by atoms with van der Waals surface area (Å²) in [5, 5.41) is 16.4. The zero-order valence-electron chi connectivity index (χ0n) is 15.3. The number of hydrogen-bond donors (Lipinski definition) is 3. The van der Waals surface area contributed by atoms with E-state index in [1.54, 1.807) is 18.2 Å². The van der Waals surface area contributed by atoms with E-state index in [0.717, 1.165) is 19.6 Å². The lowest BCUT2D eigenvalue weighted by Crippen LogP contribution is -2.38. The number of aliphatic hydroxyl groups is 1. The van der Waals surface area contributed by atoms with Gasteiger partial charge in [-0.25, -0.2) is 4.39 Å². The molecular formula is C18H31FIN3O2. The fraction of sp³-hybridized carbons (Fsp3) is 0.611. The molecule has 3 N–H and O–H groups in total. The van der Waals surface area contributed by atoms with Crippen LogP contribution in [0.4, 0.5) is 4.39 Å². The van der Waals surface area contributed by atoms with Crippen molar-refractivity contribution in [1.82, 2.24) is 10.6 Å². The van der Waals surface area contributed by atoms with E-state index >= 15 is 0 Å². The second kappa shape index (κ2) is 14.3. The third-order valence-electron chi connectivity index (χ3n) is 3.24. The topological polar surface area (TPSA) is 65.9 Å². The Morgan fingerprint density at radius 2 is 2.00 bits per heavy atom. The molecule has 7 heteroatoms. The molecule has 0 bridgehead atoms. The van der Waals surface area contributed by atoms with Crippen molar-refractivity contribution in [1.29, 1.82) is 0 Å². The summed E-state index contributed by atoms with van der Waals surface area (Å²) in [6.07, 6.45) is -0.0940. The van der Waals surface area contributed by atoms with Gasteiger partial charge in [0.25, 0.3) is 0 Å². The molecule has 0 fully saturated rings. The van der Waals surface area contributed by atoms with Crippen LogP contribution >= 0.6 is 24.0 Å². The quantitative estimate of drug-likeness (QED) is 0.214. The van der Waals surface area contributed by atoms with Gasteiger partial charge in [-0.1, -0.05) is 32.0 Å². The van der Waals surface area contributed by atoms with Gasteiger partial charge in [-0.05, 0) is 25.3 Å². The van der Waals surface area contributed by atoms with E-state index in [9.17, 15) is 9.50 Å². The van der Waals surface area contributed by atoms with E-state index in [1.165, 1.54) is 6.07 Å². The molecule has 1 atom stereocenters.